The fourth-order valence-corrected chi connectivity index (χ4v) is 4.19. The van der Waals surface area contributed by atoms with Crippen LogP contribution in [0.3, 0.4) is 0 Å². The van der Waals surface area contributed by atoms with Crippen LogP contribution in [-0.4, -0.2) is 34.0 Å². The number of allylic oxidation sites excluding steroid dienone is 1. The molecule has 1 aliphatic heterocycles. The number of hydrogen-bond acceptors (Lipinski definition) is 6. The molecule has 4 rings (SSSR count). The van der Waals surface area contributed by atoms with Crippen molar-refractivity contribution in [3.63, 3.8) is 0 Å². The number of amides is 1. The highest BCUT2D eigenvalue weighted by atomic mass is 35.5. The molecule has 2 heterocycles. The number of phenols is 1. The molecule has 0 saturated heterocycles. The minimum absolute atomic E-state index is 0.0318. The van der Waals surface area contributed by atoms with Crippen molar-refractivity contribution in [2.24, 2.45) is 10.4 Å². The zero-order chi connectivity index (χ0) is 26.0. The van der Waals surface area contributed by atoms with Gasteiger partial charge in [0.2, 0.25) is 5.91 Å². The Labute approximate surface area is 214 Å². The monoisotopic (exact) mass is 505 g/mol. The second-order valence-corrected chi connectivity index (χ2v) is 10.3. The summed E-state index contributed by atoms with van der Waals surface area (Å²) < 4.78 is 6.06. The third-order valence-corrected chi connectivity index (χ3v) is 6.11. The molecule has 3 aromatic rings. The van der Waals surface area contributed by atoms with Gasteiger partial charge in [0.25, 0.3) is 0 Å². The van der Waals surface area contributed by atoms with Gasteiger partial charge in [0, 0.05) is 53.6 Å². The standard InChI is InChI=1S/C28H28ClN3O4/c1-16(33)32-24-13-21-23(14-25(24)35)30-8-7-26(21)36-20-6-5-18(22(29)12-20)11-19(34)9-17-10-27(31-15-17)28(2,3)4/h5-8,10,12-14,35H,9,11,15H2,1-4H3,(H,32,33). The second-order valence-electron chi connectivity index (χ2n) is 9.88. The van der Waals surface area contributed by atoms with E-state index in [1.165, 1.54) is 13.0 Å². The first-order chi connectivity index (χ1) is 17.0. The summed E-state index contributed by atoms with van der Waals surface area (Å²) in [6.45, 7) is 8.26. The zero-order valence-electron chi connectivity index (χ0n) is 20.7. The van der Waals surface area contributed by atoms with E-state index in [-0.39, 0.29) is 35.0 Å². The minimum atomic E-state index is -0.306. The fraction of sp³-hybridized carbons (Fsp3) is 0.286. The van der Waals surface area contributed by atoms with Gasteiger partial charge in [0.05, 0.1) is 17.7 Å². The van der Waals surface area contributed by atoms with Crippen LogP contribution in [0.1, 0.15) is 39.7 Å². The predicted octanol–water partition coefficient (Wildman–Crippen LogP) is 6.27. The molecule has 186 valence electrons. The van der Waals surface area contributed by atoms with Crippen LogP contribution in [0.15, 0.2) is 59.2 Å². The average Bonchev–Trinajstić information content (AvgIpc) is 3.25. The Morgan fingerprint density at radius 3 is 2.58 bits per heavy atom. The first kappa shape index (κ1) is 25.4. The Kier molecular flexibility index (Phi) is 7.13. The van der Waals surface area contributed by atoms with Gasteiger partial charge in [-0.3, -0.25) is 19.6 Å². The van der Waals surface area contributed by atoms with Crippen LogP contribution in [0.5, 0.6) is 17.2 Å². The molecule has 0 aliphatic carbocycles. The number of rotatable bonds is 7. The van der Waals surface area contributed by atoms with Crippen molar-refractivity contribution < 1.29 is 19.4 Å². The molecule has 0 bridgehead atoms. The molecule has 1 aromatic heterocycles. The molecule has 0 radical (unpaired) electrons. The normalized spacial score (nSPS) is 13.4. The molecule has 0 fully saturated rings. The number of aromatic nitrogens is 1. The number of fused-ring (bicyclic) bond motifs is 1. The number of nitrogens with one attached hydrogen (secondary N) is 1. The van der Waals surface area contributed by atoms with Crippen molar-refractivity contribution in [2.75, 3.05) is 11.9 Å². The van der Waals surface area contributed by atoms with Crippen LogP contribution in [0.4, 0.5) is 5.69 Å². The van der Waals surface area contributed by atoms with Gasteiger partial charge in [0.15, 0.2) is 0 Å². The number of halogens is 1. The highest BCUT2D eigenvalue weighted by Crippen LogP contribution is 2.36. The number of ether oxygens (including phenoxy) is 1. The van der Waals surface area contributed by atoms with Crippen LogP contribution >= 0.6 is 11.6 Å². The van der Waals surface area contributed by atoms with Crippen molar-refractivity contribution in [3.8, 4) is 17.2 Å². The van der Waals surface area contributed by atoms with Gasteiger partial charge in [-0.1, -0.05) is 38.4 Å². The SMILES string of the molecule is CC(=O)Nc1cc2c(Oc3ccc(CC(=O)CC4=CC(C(C)(C)C)=NC4)c(Cl)c3)ccnc2cc1O. The number of phenolic OH excluding ortho intramolecular Hbond substituents is 1. The summed E-state index contributed by atoms with van der Waals surface area (Å²) in [7, 11) is 0. The molecule has 0 unspecified atom stereocenters. The van der Waals surface area contributed by atoms with E-state index in [2.05, 4.69) is 36.1 Å². The summed E-state index contributed by atoms with van der Waals surface area (Å²) in [6, 6.07) is 9.96. The molecule has 36 heavy (non-hydrogen) atoms. The Hall–Kier alpha value is -3.71. The van der Waals surface area contributed by atoms with E-state index in [1.54, 1.807) is 36.5 Å². The third-order valence-electron chi connectivity index (χ3n) is 5.76. The van der Waals surface area contributed by atoms with Crippen LogP contribution in [-0.2, 0) is 16.0 Å². The first-order valence-corrected chi connectivity index (χ1v) is 12.0. The lowest BCUT2D eigenvalue weighted by molar-refractivity contribution is -0.118. The summed E-state index contributed by atoms with van der Waals surface area (Å²) in [4.78, 5) is 33.0. The number of benzene rings is 2. The molecule has 1 aliphatic rings. The van der Waals surface area contributed by atoms with Gasteiger partial charge in [-0.25, -0.2) is 0 Å². The van der Waals surface area contributed by atoms with Crippen LogP contribution in [0.2, 0.25) is 5.02 Å². The Morgan fingerprint density at radius 2 is 1.92 bits per heavy atom. The highest BCUT2D eigenvalue weighted by Gasteiger charge is 2.22. The van der Waals surface area contributed by atoms with Gasteiger partial charge in [-0.2, -0.15) is 0 Å². The van der Waals surface area contributed by atoms with E-state index in [4.69, 9.17) is 16.3 Å². The van der Waals surface area contributed by atoms with E-state index in [0.717, 1.165) is 16.8 Å². The van der Waals surface area contributed by atoms with Gasteiger partial charge >= 0.3 is 0 Å². The lowest BCUT2D eigenvalue weighted by Gasteiger charge is -2.16. The summed E-state index contributed by atoms with van der Waals surface area (Å²) in [5, 5.41) is 13.8. The Bertz CT molecular complexity index is 1420. The molecule has 0 saturated carbocycles. The lowest BCUT2D eigenvalue weighted by atomic mass is 9.89. The molecular weight excluding hydrogens is 478 g/mol. The van der Waals surface area contributed by atoms with Gasteiger partial charge < -0.3 is 15.2 Å². The molecule has 1 amide bonds. The highest BCUT2D eigenvalue weighted by molar-refractivity contribution is 6.31. The number of aliphatic imine (C=N–C) groups is 1. The van der Waals surface area contributed by atoms with Crippen LogP contribution in [0.25, 0.3) is 10.9 Å². The Balaban J connectivity index is 1.48. The number of hydrogen-bond donors (Lipinski definition) is 2. The molecule has 0 spiro atoms. The summed E-state index contributed by atoms with van der Waals surface area (Å²) in [6.07, 6.45) is 4.17. The van der Waals surface area contributed by atoms with Crippen molar-refractivity contribution in [2.45, 2.75) is 40.5 Å². The van der Waals surface area contributed by atoms with Crippen LogP contribution in [0, 0.1) is 5.41 Å². The lowest BCUT2D eigenvalue weighted by Crippen LogP contribution is -2.16. The number of carbonyl (C=O) groups is 2. The molecule has 7 nitrogen and oxygen atoms in total. The number of pyridine rings is 1. The second kappa shape index (κ2) is 10.1. The number of carbonyl (C=O) groups excluding carboxylic acids is 2. The maximum atomic E-state index is 12.7. The van der Waals surface area contributed by atoms with E-state index >= 15 is 0 Å². The van der Waals surface area contributed by atoms with Gasteiger partial charge in [-0.05, 0) is 41.5 Å². The maximum absolute atomic E-state index is 12.7. The van der Waals surface area contributed by atoms with Crippen molar-refractivity contribution >= 4 is 45.6 Å². The van der Waals surface area contributed by atoms with Crippen molar-refractivity contribution in [3.05, 3.63) is 64.8 Å². The van der Waals surface area contributed by atoms with E-state index < -0.39 is 0 Å². The topological polar surface area (TPSA) is 101 Å². The number of Topliss-reactive ketones (excluding diaryl/α,β-unsaturated/α-hetero) is 1. The maximum Gasteiger partial charge on any atom is 0.221 e. The average molecular weight is 506 g/mol. The van der Waals surface area contributed by atoms with Crippen molar-refractivity contribution in [1.82, 2.24) is 4.98 Å². The number of aromatic hydroxyl groups is 1. The molecule has 8 heteroatoms. The quantitative estimate of drug-likeness (QED) is 0.368. The number of ketones is 1. The molecule has 2 aromatic carbocycles. The first-order valence-electron chi connectivity index (χ1n) is 11.6. The number of anilines is 1. The summed E-state index contributed by atoms with van der Waals surface area (Å²) >= 11 is 6.50. The number of nitrogens with zero attached hydrogens (tertiary/aromatic N) is 2. The predicted molar refractivity (Wildman–Crippen MR) is 142 cm³/mol. The minimum Gasteiger partial charge on any atom is -0.506 e. The third kappa shape index (κ3) is 5.91. The zero-order valence-corrected chi connectivity index (χ0v) is 21.4. The van der Waals surface area contributed by atoms with E-state index in [9.17, 15) is 14.7 Å². The van der Waals surface area contributed by atoms with Crippen LogP contribution < -0.4 is 10.1 Å². The smallest absolute Gasteiger partial charge is 0.221 e. The van der Waals surface area contributed by atoms with E-state index in [0.29, 0.717) is 40.4 Å². The fourth-order valence-electron chi connectivity index (χ4n) is 3.96. The van der Waals surface area contributed by atoms with Gasteiger partial charge in [0.1, 0.15) is 23.0 Å². The Morgan fingerprint density at radius 1 is 1.14 bits per heavy atom. The summed E-state index contributed by atoms with van der Waals surface area (Å²) in [5.74, 6) is 0.648. The van der Waals surface area contributed by atoms with E-state index in [1.807, 2.05) is 6.08 Å². The molecule has 2 N–H and O–H groups in total. The summed E-state index contributed by atoms with van der Waals surface area (Å²) in [5.41, 5.74) is 3.50. The largest absolute Gasteiger partial charge is 0.506 e. The molecular formula is C28H28ClN3O4. The molecule has 0 atom stereocenters. The van der Waals surface area contributed by atoms with Gasteiger partial charge in [-0.15, -0.1) is 0 Å². The van der Waals surface area contributed by atoms with Crippen molar-refractivity contribution in [1.29, 1.82) is 0 Å².